The molecule has 0 radical (unpaired) electrons. The Morgan fingerprint density at radius 3 is 2.82 bits per heavy atom. The number of hydrogen-bond donors (Lipinski definition) is 3. The van der Waals surface area contributed by atoms with Crippen LogP contribution in [0.2, 0.25) is 0 Å². The minimum atomic E-state index is -0.375. The van der Waals surface area contributed by atoms with Crippen LogP contribution in [-0.2, 0) is 14.6 Å². The van der Waals surface area contributed by atoms with E-state index in [0.717, 1.165) is 51.4 Å². The molecule has 5 atom stereocenters. The van der Waals surface area contributed by atoms with Crippen molar-refractivity contribution >= 4 is 5.91 Å². The van der Waals surface area contributed by atoms with Crippen LogP contribution in [0.3, 0.4) is 0 Å². The summed E-state index contributed by atoms with van der Waals surface area (Å²) in [6.07, 6.45) is 16.4. The molecule has 1 amide bonds. The van der Waals surface area contributed by atoms with Crippen molar-refractivity contribution in [3.63, 3.8) is 0 Å². The van der Waals surface area contributed by atoms with Gasteiger partial charge in [-0.2, -0.15) is 0 Å². The van der Waals surface area contributed by atoms with Crippen molar-refractivity contribution in [1.82, 2.24) is 5.32 Å². The van der Waals surface area contributed by atoms with Crippen LogP contribution in [0.1, 0.15) is 64.7 Å². The number of rotatable bonds is 14. The van der Waals surface area contributed by atoms with Gasteiger partial charge in [0.2, 0.25) is 5.91 Å². The van der Waals surface area contributed by atoms with E-state index in [4.69, 9.17) is 14.9 Å². The number of aliphatic hydroxyl groups is 2. The molecular weight excluding hydrogens is 358 g/mol. The minimum Gasteiger partial charge on any atom is -0.395 e. The summed E-state index contributed by atoms with van der Waals surface area (Å²) in [7, 11) is 0. The zero-order valence-corrected chi connectivity index (χ0v) is 17.1. The van der Waals surface area contributed by atoms with E-state index in [2.05, 4.69) is 30.5 Å². The summed E-state index contributed by atoms with van der Waals surface area (Å²) in [5.41, 5.74) is 0. The minimum absolute atomic E-state index is 0.0104. The summed E-state index contributed by atoms with van der Waals surface area (Å²) in [5, 5.41) is 21.5. The van der Waals surface area contributed by atoms with Gasteiger partial charge >= 0.3 is 0 Å². The zero-order chi connectivity index (χ0) is 20.2. The average Bonchev–Trinajstić information content (AvgIpc) is 3.29. The van der Waals surface area contributed by atoms with Crippen LogP contribution in [0, 0.1) is 11.8 Å². The highest BCUT2D eigenvalue weighted by molar-refractivity contribution is 5.75. The first kappa shape index (κ1) is 23.1. The molecule has 160 valence electrons. The highest BCUT2D eigenvalue weighted by Crippen LogP contribution is 2.44. The lowest BCUT2D eigenvalue weighted by molar-refractivity contribution is -0.336. The molecule has 2 bridgehead atoms. The molecule has 2 rings (SSSR count). The van der Waals surface area contributed by atoms with Gasteiger partial charge in [0.05, 0.1) is 18.8 Å². The maximum Gasteiger partial charge on any atom is 0.220 e. The monoisotopic (exact) mass is 395 g/mol. The summed E-state index contributed by atoms with van der Waals surface area (Å²) in [6, 6.07) is 0. The molecule has 2 fully saturated rings. The molecule has 0 spiro atoms. The predicted octanol–water partition coefficient (Wildman–Crippen LogP) is 3.04. The largest absolute Gasteiger partial charge is 0.395 e. The normalized spacial score (nSPS) is 27.8. The smallest absolute Gasteiger partial charge is 0.220 e. The van der Waals surface area contributed by atoms with Gasteiger partial charge in [-0.15, -0.1) is 0 Å². The number of hydrogen-bond acceptors (Lipinski definition) is 5. The number of allylic oxidation sites excluding steroid dienone is 2. The molecule has 3 N–H and O–H groups in total. The molecule has 1 aliphatic carbocycles. The summed E-state index contributed by atoms with van der Waals surface area (Å²) in [5.74, 6) is 0.652. The van der Waals surface area contributed by atoms with Crippen LogP contribution in [0.4, 0.5) is 0 Å². The predicted molar refractivity (Wildman–Crippen MR) is 108 cm³/mol. The first-order valence-corrected chi connectivity index (χ1v) is 10.9. The quantitative estimate of drug-likeness (QED) is 0.239. The molecule has 2 aliphatic rings. The highest BCUT2D eigenvalue weighted by Gasteiger charge is 2.49. The lowest BCUT2D eigenvalue weighted by Crippen LogP contribution is -2.28. The highest BCUT2D eigenvalue weighted by atomic mass is 17.2. The molecule has 0 aromatic heterocycles. The fraction of sp³-hybridized carbons (Fsp3) is 0.773. The number of aliphatic hydroxyl groups excluding tert-OH is 2. The van der Waals surface area contributed by atoms with Gasteiger partial charge in [0.1, 0.15) is 6.10 Å². The van der Waals surface area contributed by atoms with E-state index in [1.807, 2.05) is 6.08 Å². The molecular formula is C22H37NO5. The van der Waals surface area contributed by atoms with Crippen LogP contribution in [-0.4, -0.2) is 47.6 Å². The number of amides is 1. The number of unbranched alkanes of at least 4 members (excludes halogenated alkanes) is 3. The third-order valence-corrected chi connectivity index (χ3v) is 5.61. The first-order valence-electron chi connectivity index (χ1n) is 10.9. The number of carbonyl (C=O) groups is 1. The van der Waals surface area contributed by atoms with Crippen molar-refractivity contribution in [2.24, 2.45) is 11.8 Å². The Hall–Kier alpha value is -1.21. The molecule has 1 aliphatic heterocycles. The second kappa shape index (κ2) is 13.1. The molecule has 1 saturated heterocycles. The summed E-state index contributed by atoms with van der Waals surface area (Å²) in [4.78, 5) is 22.3. The molecule has 6 nitrogen and oxygen atoms in total. The van der Waals surface area contributed by atoms with Crippen LogP contribution in [0.25, 0.3) is 0 Å². The topological polar surface area (TPSA) is 88.0 Å². The van der Waals surface area contributed by atoms with Crippen molar-refractivity contribution in [1.29, 1.82) is 0 Å². The van der Waals surface area contributed by atoms with Crippen LogP contribution in [0.5, 0.6) is 0 Å². The van der Waals surface area contributed by atoms with Gasteiger partial charge in [0, 0.05) is 31.2 Å². The second-order valence-electron chi connectivity index (χ2n) is 7.87. The molecule has 0 aromatic rings. The zero-order valence-electron chi connectivity index (χ0n) is 17.1. The number of fused-ring (bicyclic) bond motifs is 2. The average molecular weight is 396 g/mol. The van der Waals surface area contributed by atoms with Gasteiger partial charge < -0.3 is 15.5 Å². The van der Waals surface area contributed by atoms with E-state index in [1.54, 1.807) is 0 Å². The molecule has 6 heteroatoms. The second-order valence-corrected chi connectivity index (χ2v) is 7.87. The van der Waals surface area contributed by atoms with Gasteiger partial charge in [-0.25, -0.2) is 9.78 Å². The summed E-state index contributed by atoms with van der Waals surface area (Å²) < 4.78 is 0. The van der Waals surface area contributed by atoms with Crippen molar-refractivity contribution in [3.05, 3.63) is 24.3 Å². The van der Waals surface area contributed by atoms with Crippen molar-refractivity contribution < 1.29 is 24.8 Å². The lowest BCUT2D eigenvalue weighted by Gasteiger charge is -2.27. The van der Waals surface area contributed by atoms with Crippen molar-refractivity contribution in [3.8, 4) is 0 Å². The maximum atomic E-state index is 11.5. The molecule has 0 aromatic carbocycles. The summed E-state index contributed by atoms with van der Waals surface area (Å²) >= 11 is 0. The fourth-order valence-corrected chi connectivity index (χ4v) is 4.01. The van der Waals surface area contributed by atoms with Crippen LogP contribution >= 0.6 is 0 Å². The molecule has 1 heterocycles. The third kappa shape index (κ3) is 7.66. The third-order valence-electron chi connectivity index (χ3n) is 5.61. The standard InChI is InChI=1S/C22H37NO5/c1-2-3-6-9-17(25)12-13-19-18(20-16-21(19)28-27-20)10-7-4-5-8-11-22(26)23-14-15-24/h4,7,12-13,17-21,24-25H,2-3,5-6,8-11,14-16H2,1H3,(H,23,26)/b7-4-,13-12+/t17-,18+,19?,20-,21+/m0/s1. The van der Waals surface area contributed by atoms with Gasteiger partial charge in [-0.05, 0) is 25.7 Å². The van der Waals surface area contributed by atoms with Crippen molar-refractivity contribution in [2.45, 2.75) is 83.0 Å². The van der Waals surface area contributed by atoms with E-state index in [1.165, 1.54) is 0 Å². The fourth-order valence-electron chi connectivity index (χ4n) is 4.01. The Morgan fingerprint density at radius 2 is 2.04 bits per heavy atom. The Bertz CT molecular complexity index is 507. The van der Waals surface area contributed by atoms with Gasteiger partial charge in [0.25, 0.3) is 0 Å². The van der Waals surface area contributed by atoms with E-state index in [9.17, 15) is 9.90 Å². The SMILES string of the molecule is CCCCC[C@H](O)/C=C/C1[C@@H](C/C=C\CCCC(=O)NCCO)[C@@H]2C[C@H]1OO2. The van der Waals surface area contributed by atoms with Crippen molar-refractivity contribution in [2.75, 3.05) is 13.2 Å². The van der Waals surface area contributed by atoms with Gasteiger partial charge in [-0.3, -0.25) is 4.79 Å². The van der Waals surface area contributed by atoms with Crippen LogP contribution < -0.4 is 5.32 Å². The Balaban J connectivity index is 1.71. The number of carbonyl (C=O) groups excluding carboxylic acids is 1. The molecule has 1 saturated carbocycles. The summed E-state index contributed by atoms with van der Waals surface area (Å²) in [6.45, 7) is 2.47. The van der Waals surface area contributed by atoms with Gasteiger partial charge in [-0.1, -0.05) is 50.5 Å². The molecule has 1 unspecified atom stereocenters. The van der Waals surface area contributed by atoms with Crippen LogP contribution in [0.15, 0.2) is 24.3 Å². The Morgan fingerprint density at radius 1 is 1.21 bits per heavy atom. The Kier molecular flexibility index (Phi) is 10.8. The van der Waals surface area contributed by atoms with Gasteiger partial charge in [0.15, 0.2) is 0 Å². The maximum absolute atomic E-state index is 11.5. The molecule has 28 heavy (non-hydrogen) atoms. The lowest BCUT2D eigenvalue weighted by atomic mass is 9.89. The Labute approximate surface area is 168 Å². The van der Waals surface area contributed by atoms with E-state index in [-0.39, 0.29) is 36.7 Å². The first-order chi connectivity index (χ1) is 13.7. The number of nitrogens with one attached hydrogen (secondary N) is 1. The van der Waals surface area contributed by atoms with E-state index >= 15 is 0 Å². The van der Waals surface area contributed by atoms with E-state index in [0.29, 0.717) is 18.9 Å². The van der Waals surface area contributed by atoms with E-state index < -0.39 is 0 Å².